The average Bonchev–Trinajstić information content (AvgIpc) is 3.06. The normalized spacial score (nSPS) is 21.1. The number of aliphatic hydroxyl groups is 1. The predicted octanol–water partition coefficient (Wildman–Crippen LogP) is 3.23. The summed E-state index contributed by atoms with van der Waals surface area (Å²) in [6, 6.07) is 6.56. The molecule has 2 aromatic rings. The summed E-state index contributed by atoms with van der Waals surface area (Å²) >= 11 is 1.20. The number of hydrogen-bond donors (Lipinski definition) is 2. The number of thiazole rings is 1. The van der Waals surface area contributed by atoms with Crippen molar-refractivity contribution in [1.82, 2.24) is 10.3 Å². The van der Waals surface area contributed by atoms with E-state index >= 15 is 0 Å². The molecule has 0 radical (unpaired) electrons. The first-order valence-electron chi connectivity index (χ1n) is 7.80. The van der Waals surface area contributed by atoms with Gasteiger partial charge in [0.05, 0.1) is 6.20 Å². The van der Waals surface area contributed by atoms with Crippen LogP contribution in [0, 0.1) is 11.7 Å². The summed E-state index contributed by atoms with van der Waals surface area (Å²) in [6.45, 7) is 0.224. The van der Waals surface area contributed by atoms with Crippen LogP contribution in [0.5, 0.6) is 0 Å². The molecular formula is C17H19FN2O2S. The Kier molecular flexibility index (Phi) is 5.03. The van der Waals surface area contributed by atoms with Gasteiger partial charge in [-0.1, -0.05) is 12.1 Å². The van der Waals surface area contributed by atoms with Crippen LogP contribution >= 0.6 is 11.3 Å². The zero-order valence-electron chi connectivity index (χ0n) is 12.7. The lowest BCUT2D eigenvalue weighted by Gasteiger charge is -2.27. The number of hydrogen-bond acceptors (Lipinski definition) is 4. The maximum atomic E-state index is 13.8. The van der Waals surface area contributed by atoms with Crippen LogP contribution in [0.25, 0.3) is 10.6 Å². The molecule has 6 heteroatoms. The van der Waals surface area contributed by atoms with Crippen molar-refractivity contribution in [3.8, 4) is 10.6 Å². The van der Waals surface area contributed by atoms with Crippen molar-refractivity contribution in [3.05, 3.63) is 41.2 Å². The highest BCUT2D eigenvalue weighted by Gasteiger charge is 2.23. The minimum Gasteiger partial charge on any atom is -0.396 e. The number of aromatic nitrogens is 1. The molecule has 0 atom stereocenters. The fourth-order valence-corrected chi connectivity index (χ4v) is 3.73. The molecule has 2 N–H and O–H groups in total. The van der Waals surface area contributed by atoms with E-state index in [-0.39, 0.29) is 24.4 Å². The van der Waals surface area contributed by atoms with E-state index in [4.69, 9.17) is 5.11 Å². The van der Waals surface area contributed by atoms with E-state index in [1.165, 1.54) is 23.6 Å². The van der Waals surface area contributed by atoms with Crippen LogP contribution in [0.2, 0.25) is 0 Å². The molecule has 122 valence electrons. The molecule has 1 aromatic carbocycles. The third kappa shape index (κ3) is 3.76. The van der Waals surface area contributed by atoms with Crippen molar-refractivity contribution < 1.29 is 14.3 Å². The van der Waals surface area contributed by atoms with Gasteiger partial charge in [0, 0.05) is 18.2 Å². The summed E-state index contributed by atoms with van der Waals surface area (Å²) in [4.78, 5) is 17.0. The number of carbonyl (C=O) groups excluding carboxylic acids is 1. The van der Waals surface area contributed by atoms with Crippen molar-refractivity contribution in [3.63, 3.8) is 0 Å². The van der Waals surface area contributed by atoms with Crippen LogP contribution in [0.15, 0.2) is 30.5 Å². The van der Waals surface area contributed by atoms with E-state index in [1.807, 2.05) is 0 Å². The number of aliphatic hydroxyl groups excluding tert-OH is 1. The molecule has 1 amide bonds. The van der Waals surface area contributed by atoms with Crippen molar-refractivity contribution in [1.29, 1.82) is 0 Å². The number of nitrogens with one attached hydrogen (secondary N) is 1. The molecule has 0 bridgehead atoms. The Labute approximate surface area is 138 Å². The molecule has 0 unspecified atom stereocenters. The highest BCUT2D eigenvalue weighted by atomic mass is 32.1. The molecule has 1 heterocycles. The van der Waals surface area contributed by atoms with Crippen molar-refractivity contribution in [2.24, 2.45) is 5.92 Å². The second-order valence-electron chi connectivity index (χ2n) is 5.88. The van der Waals surface area contributed by atoms with Gasteiger partial charge in [0.15, 0.2) is 0 Å². The molecule has 1 fully saturated rings. The summed E-state index contributed by atoms with van der Waals surface area (Å²) in [5.41, 5.74) is 0.417. The number of halogens is 1. The Morgan fingerprint density at radius 3 is 2.74 bits per heavy atom. The lowest BCUT2D eigenvalue weighted by atomic mass is 9.86. The summed E-state index contributed by atoms with van der Waals surface area (Å²) in [6.07, 6.45) is 5.14. The van der Waals surface area contributed by atoms with Gasteiger partial charge >= 0.3 is 0 Å². The summed E-state index contributed by atoms with van der Waals surface area (Å²) in [5.74, 6) is -0.132. The Balaban J connectivity index is 1.64. The monoisotopic (exact) mass is 334 g/mol. The molecule has 1 saturated carbocycles. The Bertz CT molecular complexity index is 681. The van der Waals surface area contributed by atoms with Gasteiger partial charge in [-0.15, -0.1) is 11.3 Å². The highest BCUT2D eigenvalue weighted by molar-refractivity contribution is 7.16. The molecule has 3 rings (SSSR count). The minimum atomic E-state index is -0.337. The summed E-state index contributed by atoms with van der Waals surface area (Å²) in [5, 5.41) is 12.7. The van der Waals surface area contributed by atoms with Gasteiger partial charge in [-0.2, -0.15) is 0 Å². The van der Waals surface area contributed by atoms with Crippen molar-refractivity contribution in [2.75, 3.05) is 6.61 Å². The highest BCUT2D eigenvalue weighted by Crippen LogP contribution is 2.28. The van der Waals surface area contributed by atoms with Crippen molar-refractivity contribution >= 4 is 17.2 Å². The van der Waals surface area contributed by atoms with Crippen LogP contribution in [-0.2, 0) is 0 Å². The number of amides is 1. The molecule has 4 nitrogen and oxygen atoms in total. The SMILES string of the molecule is O=C(NC1CCC(CO)CC1)c1cnc(-c2ccccc2F)s1. The quantitative estimate of drug-likeness (QED) is 0.902. The largest absolute Gasteiger partial charge is 0.396 e. The molecule has 0 saturated heterocycles. The molecule has 1 aliphatic carbocycles. The van der Waals surface area contributed by atoms with Crippen LogP contribution < -0.4 is 5.32 Å². The number of nitrogens with zero attached hydrogens (tertiary/aromatic N) is 1. The van der Waals surface area contributed by atoms with E-state index in [0.29, 0.717) is 21.4 Å². The lowest BCUT2D eigenvalue weighted by Crippen LogP contribution is -2.37. The summed E-state index contributed by atoms with van der Waals surface area (Å²) < 4.78 is 13.8. The lowest BCUT2D eigenvalue weighted by molar-refractivity contribution is 0.0918. The Morgan fingerprint density at radius 1 is 1.30 bits per heavy atom. The van der Waals surface area contributed by atoms with Gasteiger partial charge in [-0.25, -0.2) is 9.37 Å². The molecule has 0 spiro atoms. The maximum absolute atomic E-state index is 13.8. The fraction of sp³-hybridized carbons (Fsp3) is 0.412. The van der Waals surface area contributed by atoms with Crippen molar-refractivity contribution in [2.45, 2.75) is 31.7 Å². The molecule has 1 aromatic heterocycles. The van der Waals surface area contributed by atoms with Gasteiger partial charge in [0.1, 0.15) is 15.7 Å². The van der Waals surface area contributed by atoms with Crippen LogP contribution in [0.4, 0.5) is 4.39 Å². The third-order valence-corrected chi connectivity index (χ3v) is 5.30. The van der Waals surface area contributed by atoms with E-state index in [0.717, 1.165) is 25.7 Å². The second kappa shape index (κ2) is 7.19. The van der Waals surface area contributed by atoms with Crippen LogP contribution in [0.1, 0.15) is 35.4 Å². The van der Waals surface area contributed by atoms with Crippen LogP contribution in [0.3, 0.4) is 0 Å². The first kappa shape index (κ1) is 16.1. The average molecular weight is 334 g/mol. The number of benzene rings is 1. The smallest absolute Gasteiger partial charge is 0.263 e. The van der Waals surface area contributed by atoms with Gasteiger partial charge in [0.2, 0.25) is 0 Å². The zero-order valence-corrected chi connectivity index (χ0v) is 13.5. The molecule has 1 aliphatic rings. The van der Waals surface area contributed by atoms with Gasteiger partial charge < -0.3 is 10.4 Å². The van der Waals surface area contributed by atoms with E-state index in [2.05, 4.69) is 10.3 Å². The van der Waals surface area contributed by atoms with E-state index < -0.39 is 0 Å². The first-order chi connectivity index (χ1) is 11.2. The van der Waals surface area contributed by atoms with Gasteiger partial charge in [-0.05, 0) is 43.7 Å². The third-order valence-electron chi connectivity index (χ3n) is 4.27. The Morgan fingerprint density at radius 2 is 2.04 bits per heavy atom. The van der Waals surface area contributed by atoms with E-state index in [9.17, 15) is 9.18 Å². The maximum Gasteiger partial charge on any atom is 0.263 e. The molecule has 0 aliphatic heterocycles. The van der Waals surface area contributed by atoms with Gasteiger partial charge in [-0.3, -0.25) is 4.79 Å². The second-order valence-corrected chi connectivity index (χ2v) is 6.91. The minimum absolute atomic E-state index is 0.143. The van der Waals surface area contributed by atoms with Gasteiger partial charge in [0.25, 0.3) is 5.91 Å². The Hall–Kier alpha value is -1.79. The van der Waals surface area contributed by atoms with E-state index in [1.54, 1.807) is 18.2 Å². The first-order valence-corrected chi connectivity index (χ1v) is 8.61. The summed E-state index contributed by atoms with van der Waals surface area (Å²) in [7, 11) is 0. The fourth-order valence-electron chi connectivity index (χ4n) is 2.88. The molecular weight excluding hydrogens is 315 g/mol. The predicted molar refractivity (Wildman–Crippen MR) is 87.8 cm³/mol. The standard InChI is InChI=1S/C17H19FN2O2S/c18-14-4-2-1-3-13(14)17-19-9-15(23-17)16(22)20-12-7-5-11(10-21)6-8-12/h1-4,9,11-12,21H,5-8,10H2,(H,20,22). The molecule has 23 heavy (non-hydrogen) atoms. The number of carbonyl (C=O) groups is 1. The van der Waals surface area contributed by atoms with Crippen LogP contribution in [-0.4, -0.2) is 28.6 Å². The topological polar surface area (TPSA) is 62.2 Å². The zero-order chi connectivity index (χ0) is 16.2. The number of rotatable bonds is 4.